The Bertz CT molecular complexity index is 369. The highest BCUT2D eigenvalue weighted by Gasteiger charge is 2.14. The number of benzene rings is 1. The van der Waals surface area contributed by atoms with Crippen molar-refractivity contribution in [1.29, 1.82) is 5.26 Å². The molecule has 13 heavy (non-hydrogen) atoms. The molecule has 1 atom stereocenters. The van der Waals surface area contributed by atoms with Gasteiger partial charge in [0.1, 0.15) is 23.2 Å². The topological polar surface area (TPSA) is 70.0 Å². The summed E-state index contributed by atoms with van der Waals surface area (Å²) in [6, 6.07) is 3.65. The van der Waals surface area contributed by atoms with Crippen LogP contribution in [0.1, 0.15) is 24.1 Å². The first-order chi connectivity index (χ1) is 6.07. The molecule has 0 saturated carbocycles. The molecular weight excluding hydrogens is 171 g/mol. The average Bonchev–Trinajstić information content (AvgIpc) is 2.04. The van der Waals surface area contributed by atoms with Gasteiger partial charge in [0.05, 0.1) is 0 Å². The number of aromatic hydroxyl groups is 1. The van der Waals surface area contributed by atoms with Gasteiger partial charge >= 0.3 is 0 Å². The Morgan fingerprint density at radius 3 is 2.69 bits per heavy atom. The van der Waals surface area contributed by atoms with Crippen molar-refractivity contribution in [1.82, 2.24) is 0 Å². The number of rotatable bonds is 1. The molecule has 0 bridgehead atoms. The van der Waals surface area contributed by atoms with Gasteiger partial charge in [0.25, 0.3) is 0 Å². The molecular formula is C9H9FN2O. The molecule has 1 aromatic carbocycles. The van der Waals surface area contributed by atoms with Gasteiger partial charge in [-0.3, -0.25) is 0 Å². The summed E-state index contributed by atoms with van der Waals surface area (Å²) in [6.45, 7) is 1.65. The van der Waals surface area contributed by atoms with Gasteiger partial charge in [-0.25, -0.2) is 4.39 Å². The van der Waals surface area contributed by atoms with Crippen molar-refractivity contribution in [3.05, 3.63) is 29.1 Å². The standard InChI is InChI=1S/C9H9FN2O/c1-5(12)6-2-3-8(10)7(4-11)9(6)13/h2-3,5,13H,12H2,1H3/t5-/m1/s1. The van der Waals surface area contributed by atoms with Gasteiger partial charge in [-0.15, -0.1) is 0 Å². The molecule has 0 spiro atoms. The number of nitrogens with two attached hydrogens (primary N) is 1. The van der Waals surface area contributed by atoms with Gasteiger partial charge in [0, 0.05) is 11.6 Å². The number of phenolic OH excluding ortho intramolecular Hbond substituents is 1. The van der Waals surface area contributed by atoms with Crippen LogP contribution in [0.15, 0.2) is 12.1 Å². The third-order valence-corrected chi connectivity index (χ3v) is 1.76. The van der Waals surface area contributed by atoms with Crippen LogP contribution in [-0.2, 0) is 0 Å². The number of halogens is 1. The second-order valence-electron chi connectivity index (χ2n) is 2.76. The van der Waals surface area contributed by atoms with Crippen LogP contribution in [0, 0.1) is 17.1 Å². The Kier molecular flexibility index (Phi) is 2.49. The highest BCUT2D eigenvalue weighted by Crippen LogP contribution is 2.27. The molecule has 0 saturated heterocycles. The van der Waals surface area contributed by atoms with Crippen LogP contribution in [0.25, 0.3) is 0 Å². The van der Waals surface area contributed by atoms with Gasteiger partial charge in [-0.05, 0) is 13.0 Å². The maximum absolute atomic E-state index is 12.9. The smallest absolute Gasteiger partial charge is 0.144 e. The van der Waals surface area contributed by atoms with E-state index in [0.717, 1.165) is 6.07 Å². The molecule has 4 heteroatoms. The third-order valence-electron chi connectivity index (χ3n) is 1.76. The largest absolute Gasteiger partial charge is 0.506 e. The lowest BCUT2D eigenvalue weighted by Crippen LogP contribution is -2.06. The minimum Gasteiger partial charge on any atom is -0.506 e. The molecule has 0 heterocycles. The Morgan fingerprint density at radius 1 is 1.62 bits per heavy atom. The first kappa shape index (κ1) is 9.49. The van der Waals surface area contributed by atoms with Crippen molar-refractivity contribution >= 4 is 0 Å². The molecule has 1 aromatic rings. The zero-order valence-corrected chi connectivity index (χ0v) is 7.08. The van der Waals surface area contributed by atoms with Crippen LogP contribution in [0.3, 0.4) is 0 Å². The molecule has 0 fully saturated rings. The second-order valence-corrected chi connectivity index (χ2v) is 2.76. The minimum atomic E-state index is -0.732. The second kappa shape index (κ2) is 3.42. The Morgan fingerprint density at radius 2 is 2.23 bits per heavy atom. The molecule has 0 aliphatic carbocycles. The molecule has 3 nitrogen and oxygen atoms in total. The number of nitrogens with zero attached hydrogens (tertiary/aromatic N) is 1. The highest BCUT2D eigenvalue weighted by atomic mass is 19.1. The van der Waals surface area contributed by atoms with Gasteiger partial charge in [0.15, 0.2) is 0 Å². The van der Waals surface area contributed by atoms with E-state index in [0.29, 0.717) is 5.56 Å². The number of hydrogen-bond donors (Lipinski definition) is 2. The van der Waals surface area contributed by atoms with E-state index in [9.17, 15) is 9.50 Å². The molecule has 0 radical (unpaired) electrons. The minimum absolute atomic E-state index is 0.352. The molecule has 1 rings (SSSR count). The van der Waals surface area contributed by atoms with E-state index >= 15 is 0 Å². The molecule has 0 aliphatic heterocycles. The first-order valence-corrected chi connectivity index (χ1v) is 3.75. The van der Waals surface area contributed by atoms with Gasteiger partial charge in [-0.1, -0.05) is 6.07 Å². The van der Waals surface area contributed by atoms with Crippen molar-refractivity contribution in [3.8, 4) is 11.8 Å². The van der Waals surface area contributed by atoms with Crippen LogP contribution >= 0.6 is 0 Å². The van der Waals surface area contributed by atoms with E-state index in [2.05, 4.69) is 0 Å². The summed E-state index contributed by atoms with van der Waals surface area (Å²) in [4.78, 5) is 0. The number of nitriles is 1. The molecule has 0 aromatic heterocycles. The SMILES string of the molecule is C[C@@H](N)c1ccc(F)c(C#N)c1O. The van der Waals surface area contributed by atoms with Crippen LogP contribution in [0.2, 0.25) is 0 Å². The average molecular weight is 180 g/mol. The van der Waals surface area contributed by atoms with Crippen molar-refractivity contribution in [2.24, 2.45) is 5.73 Å². The third kappa shape index (κ3) is 1.60. The molecule has 0 aliphatic rings. The lowest BCUT2D eigenvalue weighted by atomic mass is 10.0. The Balaban J connectivity index is 3.38. The zero-order chi connectivity index (χ0) is 10.0. The highest BCUT2D eigenvalue weighted by molar-refractivity contribution is 5.49. The van der Waals surface area contributed by atoms with Crippen molar-refractivity contribution in [3.63, 3.8) is 0 Å². The van der Waals surface area contributed by atoms with E-state index in [1.165, 1.54) is 6.07 Å². The van der Waals surface area contributed by atoms with Crippen LogP contribution in [0.4, 0.5) is 4.39 Å². The number of hydrogen-bond acceptors (Lipinski definition) is 3. The summed E-state index contributed by atoms with van der Waals surface area (Å²) in [5, 5.41) is 17.9. The fourth-order valence-electron chi connectivity index (χ4n) is 1.06. The van der Waals surface area contributed by atoms with E-state index in [4.69, 9.17) is 11.0 Å². The summed E-state index contributed by atoms with van der Waals surface area (Å²) < 4.78 is 12.9. The maximum atomic E-state index is 12.9. The fourth-order valence-corrected chi connectivity index (χ4v) is 1.06. The van der Waals surface area contributed by atoms with Crippen molar-refractivity contribution < 1.29 is 9.50 Å². The molecule has 0 amide bonds. The van der Waals surface area contributed by atoms with Gasteiger partial charge in [-0.2, -0.15) is 5.26 Å². The Hall–Kier alpha value is -1.60. The first-order valence-electron chi connectivity index (χ1n) is 3.75. The summed E-state index contributed by atoms with van der Waals surface area (Å²) in [7, 11) is 0. The van der Waals surface area contributed by atoms with Crippen LogP contribution in [-0.4, -0.2) is 5.11 Å². The zero-order valence-electron chi connectivity index (χ0n) is 7.08. The van der Waals surface area contributed by atoms with Gasteiger partial charge in [0.2, 0.25) is 0 Å². The fraction of sp³-hybridized carbons (Fsp3) is 0.222. The quantitative estimate of drug-likeness (QED) is 0.686. The summed E-state index contributed by atoms with van der Waals surface area (Å²) in [5.74, 6) is -1.10. The predicted octanol–water partition coefficient (Wildman–Crippen LogP) is 1.42. The van der Waals surface area contributed by atoms with E-state index in [1.54, 1.807) is 13.0 Å². The Labute approximate surface area is 75.2 Å². The molecule has 3 N–H and O–H groups in total. The lowest BCUT2D eigenvalue weighted by Gasteiger charge is -2.09. The van der Waals surface area contributed by atoms with E-state index < -0.39 is 11.9 Å². The predicted molar refractivity (Wildman–Crippen MR) is 45.4 cm³/mol. The van der Waals surface area contributed by atoms with Crippen LogP contribution < -0.4 is 5.73 Å². The summed E-state index contributed by atoms with van der Waals surface area (Å²) in [6.07, 6.45) is 0. The monoisotopic (exact) mass is 180 g/mol. The lowest BCUT2D eigenvalue weighted by molar-refractivity contribution is 0.455. The van der Waals surface area contributed by atoms with Crippen molar-refractivity contribution in [2.75, 3.05) is 0 Å². The number of phenols is 1. The van der Waals surface area contributed by atoms with Crippen LogP contribution in [0.5, 0.6) is 5.75 Å². The normalized spacial score (nSPS) is 12.2. The molecule has 0 unspecified atom stereocenters. The summed E-state index contributed by atoms with van der Waals surface area (Å²) in [5.41, 5.74) is 5.52. The maximum Gasteiger partial charge on any atom is 0.144 e. The van der Waals surface area contributed by atoms with Gasteiger partial charge < -0.3 is 10.8 Å². The van der Waals surface area contributed by atoms with E-state index in [1.807, 2.05) is 0 Å². The van der Waals surface area contributed by atoms with E-state index in [-0.39, 0.29) is 11.3 Å². The van der Waals surface area contributed by atoms with Crippen molar-refractivity contribution in [2.45, 2.75) is 13.0 Å². The molecule has 68 valence electrons. The summed E-state index contributed by atoms with van der Waals surface area (Å²) >= 11 is 0.